The van der Waals surface area contributed by atoms with Gasteiger partial charge in [0.25, 0.3) is 0 Å². The topological polar surface area (TPSA) is 141 Å². The first kappa shape index (κ1) is 12.6. The van der Waals surface area contributed by atoms with Crippen molar-refractivity contribution in [3.05, 3.63) is 17.8 Å². The smallest absolute Gasteiger partial charge is 0.404 e. The number of aromatic carboxylic acids is 1. The van der Waals surface area contributed by atoms with Crippen molar-refractivity contribution in [2.75, 3.05) is 24.2 Å². The summed E-state index contributed by atoms with van der Waals surface area (Å²) in [5.41, 5.74) is 10.2. The van der Waals surface area contributed by atoms with Gasteiger partial charge in [-0.1, -0.05) is 0 Å². The number of anilines is 2. The van der Waals surface area contributed by atoms with Crippen molar-refractivity contribution in [3.8, 4) is 0 Å². The summed E-state index contributed by atoms with van der Waals surface area (Å²) >= 11 is 0. The van der Waals surface area contributed by atoms with Crippen molar-refractivity contribution in [2.45, 2.75) is 0 Å². The average Bonchev–Trinajstić information content (AvgIpc) is 2.25. The van der Waals surface area contributed by atoms with Crippen LogP contribution in [0.25, 0.3) is 0 Å². The lowest BCUT2D eigenvalue weighted by atomic mass is 10.2. The number of nitrogens with two attached hydrogens (primary N) is 2. The van der Waals surface area contributed by atoms with Crippen LogP contribution >= 0.6 is 0 Å². The molecule has 1 aromatic rings. The van der Waals surface area contributed by atoms with Gasteiger partial charge in [0.05, 0.1) is 24.0 Å². The van der Waals surface area contributed by atoms with E-state index in [2.05, 4.69) is 15.0 Å². The van der Waals surface area contributed by atoms with Crippen LogP contribution in [0.4, 0.5) is 16.3 Å². The first-order chi connectivity index (χ1) is 8.00. The second kappa shape index (κ2) is 5.54. The third-order valence-corrected chi connectivity index (χ3v) is 1.82. The van der Waals surface area contributed by atoms with Crippen molar-refractivity contribution in [3.63, 3.8) is 0 Å². The van der Waals surface area contributed by atoms with Crippen molar-refractivity contribution in [1.29, 1.82) is 0 Å². The zero-order valence-corrected chi connectivity index (χ0v) is 8.84. The van der Waals surface area contributed by atoms with Crippen molar-refractivity contribution >= 4 is 23.6 Å². The monoisotopic (exact) mass is 240 g/mol. The molecule has 0 bridgehead atoms. The number of carboxylic acids is 1. The highest BCUT2D eigenvalue weighted by Crippen LogP contribution is 2.14. The number of carbonyl (C=O) groups excluding carboxylic acids is 1. The lowest BCUT2D eigenvalue weighted by Gasteiger charge is -2.07. The third kappa shape index (κ3) is 3.86. The van der Waals surface area contributed by atoms with Crippen molar-refractivity contribution in [2.24, 2.45) is 5.73 Å². The molecule has 6 N–H and O–H groups in total. The van der Waals surface area contributed by atoms with E-state index in [0.29, 0.717) is 5.82 Å². The molecule has 0 unspecified atom stereocenters. The van der Waals surface area contributed by atoms with Crippen LogP contribution in [0.1, 0.15) is 10.4 Å². The number of hydrogen-bond acceptors (Lipinski definition) is 6. The van der Waals surface area contributed by atoms with Crippen LogP contribution in [0.15, 0.2) is 12.3 Å². The Balaban J connectivity index is 2.57. The number of carboxylic acid groups (broad SMARTS) is 1. The highest BCUT2D eigenvalue weighted by molar-refractivity contribution is 5.94. The fourth-order valence-electron chi connectivity index (χ4n) is 1.08. The number of amides is 1. The summed E-state index contributed by atoms with van der Waals surface area (Å²) in [5.74, 6) is -0.814. The van der Waals surface area contributed by atoms with E-state index in [1.54, 1.807) is 0 Å². The molecule has 8 nitrogen and oxygen atoms in total. The number of aromatic nitrogens is 1. The molecule has 0 saturated heterocycles. The second-order valence-electron chi connectivity index (χ2n) is 3.06. The van der Waals surface area contributed by atoms with E-state index in [-0.39, 0.29) is 24.4 Å². The van der Waals surface area contributed by atoms with Gasteiger partial charge in [-0.2, -0.15) is 0 Å². The van der Waals surface area contributed by atoms with Gasteiger partial charge in [-0.25, -0.2) is 14.6 Å². The summed E-state index contributed by atoms with van der Waals surface area (Å²) < 4.78 is 4.47. The third-order valence-electron chi connectivity index (χ3n) is 1.82. The number of ether oxygens (including phenoxy) is 1. The number of nitrogens with zero attached hydrogens (tertiary/aromatic N) is 1. The summed E-state index contributed by atoms with van der Waals surface area (Å²) in [5, 5.41) is 11.6. The molecule has 1 heterocycles. The van der Waals surface area contributed by atoms with Gasteiger partial charge in [-0.3, -0.25) is 0 Å². The number of nitrogens with one attached hydrogen (secondary N) is 1. The largest absolute Gasteiger partial charge is 0.478 e. The van der Waals surface area contributed by atoms with Crippen LogP contribution in [0.2, 0.25) is 0 Å². The van der Waals surface area contributed by atoms with Crippen molar-refractivity contribution < 1.29 is 19.4 Å². The SMILES string of the molecule is NC(=O)OCCNc1cc(C(=O)O)c(N)cn1. The Kier molecular flexibility index (Phi) is 4.09. The van der Waals surface area contributed by atoms with Gasteiger partial charge in [0.1, 0.15) is 12.4 Å². The molecule has 0 aliphatic carbocycles. The molecule has 0 aliphatic heterocycles. The van der Waals surface area contributed by atoms with Gasteiger partial charge >= 0.3 is 12.1 Å². The molecule has 17 heavy (non-hydrogen) atoms. The van der Waals surface area contributed by atoms with Crippen LogP contribution in [-0.4, -0.2) is 35.3 Å². The fourth-order valence-corrected chi connectivity index (χ4v) is 1.08. The van der Waals surface area contributed by atoms with E-state index in [1.807, 2.05) is 0 Å². The maximum absolute atomic E-state index is 10.8. The molecular weight excluding hydrogens is 228 g/mol. The van der Waals surface area contributed by atoms with Crippen molar-refractivity contribution in [1.82, 2.24) is 4.98 Å². The Bertz CT molecular complexity index is 435. The molecule has 0 saturated carbocycles. The van der Waals surface area contributed by atoms with Crippen LogP contribution in [-0.2, 0) is 4.74 Å². The van der Waals surface area contributed by atoms with Gasteiger partial charge in [-0.15, -0.1) is 0 Å². The molecule has 92 valence electrons. The minimum absolute atomic E-state index is 0.0432. The molecule has 0 atom stereocenters. The van der Waals surface area contributed by atoms with Gasteiger partial charge < -0.3 is 26.6 Å². The van der Waals surface area contributed by atoms with E-state index in [9.17, 15) is 9.59 Å². The molecular formula is C9H12N4O4. The Morgan fingerprint density at radius 3 is 2.82 bits per heavy atom. The molecule has 1 aromatic heterocycles. The minimum Gasteiger partial charge on any atom is -0.478 e. The number of hydrogen-bond donors (Lipinski definition) is 4. The summed E-state index contributed by atoms with van der Waals surface area (Å²) in [6.07, 6.45) is 0.365. The van der Waals surface area contributed by atoms with Gasteiger partial charge in [0, 0.05) is 0 Å². The first-order valence-corrected chi connectivity index (χ1v) is 4.65. The highest BCUT2D eigenvalue weighted by atomic mass is 16.5. The number of primary amides is 1. The molecule has 8 heteroatoms. The summed E-state index contributed by atoms with van der Waals surface area (Å²) in [7, 11) is 0. The van der Waals surface area contributed by atoms with E-state index in [0.717, 1.165) is 0 Å². The van der Waals surface area contributed by atoms with Crippen LogP contribution in [0.3, 0.4) is 0 Å². The quantitative estimate of drug-likeness (QED) is 0.525. The second-order valence-corrected chi connectivity index (χ2v) is 3.06. The average molecular weight is 240 g/mol. The number of pyridine rings is 1. The van der Waals surface area contributed by atoms with Crippen LogP contribution in [0, 0.1) is 0 Å². The summed E-state index contributed by atoms with van der Waals surface area (Å²) in [4.78, 5) is 24.9. The molecule has 1 rings (SSSR count). The first-order valence-electron chi connectivity index (χ1n) is 4.65. The van der Waals surface area contributed by atoms with Crippen LogP contribution < -0.4 is 16.8 Å². The number of rotatable bonds is 5. The summed E-state index contributed by atoms with van der Waals surface area (Å²) in [6, 6.07) is 1.29. The van der Waals surface area contributed by atoms with Gasteiger partial charge in [-0.05, 0) is 6.07 Å². The normalized spacial score (nSPS) is 9.65. The lowest BCUT2D eigenvalue weighted by molar-refractivity contribution is 0.0698. The predicted octanol–water partition coefficient (Wildman–Crippen LogP) is -0.131. The predicted molar refractivity (Wildman–Crippen MR) is 59.6 cm³/mol. The van der Waals surface area contributed by atoms with Gasteiger partial charge in [0.15, 0.2) is 0 Å². The molecule has 0 aromatic carbocycles. The number of nitrogen functional groups attached to an aromatic ring is 1. The Morgan fingerprint density at radius 2 is 2.24 bits per heavy atom. The molecule has 0 fully saturated rings. The standard InChI is InChI=1S/C9H12N4O4/c10-6-4-13-7(3-5(6)8(14)15)12-1-2-17-9(11)16/h3-4H,1-2,10H2,(H2,11,16)(H,12,13)(H,14,15). The minimum atomic E-state index is -1.14. The summed E-state index contributed by atoms with van der Waals surface area (Å²) in [6.45, 7) is 0.322. The maximum atomic E-state index is 10.8. The zero-order valence-electron chi connectivity index (χ0n) is 8.84. The highest BCUT2D eigenvalue weighted by Gasteiger charge is 2.09. The maximum Gasteiger partial charge on any atom is 0.404 e. The Hall–Kier alpha value is -2.51. The van der Waals surface area contributed by atoms with E-state index in [4.69, 9.17) is 16.6 Å². The molecule has 1 amide bonds. The van der Waals surface area contributed by atoms with Crippen LogP contribution in [0.5, 0.6) is 0 Å². The number of carbonyl (C=O) groups is 2. The van der Waals surface area contributed by atoms with Gasteiger partial charge in [0.2, 0.25) is 0 Å². The lowest BCUT2D eigenvalue weighted by Crippen LogP contribution is -2.18. The molecule has 0 aliphatic rings. The van der Waals surface area contributed by atoms with E-state index >= 15 is 0 Å². The van der Waals surface area contributed by atoms with E-state index in [1.165, 1.54) is 12.3 Å². The van der Waals surface area contributed by atoms with E-state index < -0.39 is 12.1 Å². The Labute approximate surface area is 96.6 Å². The fraction of sp³-hybridized carbons (Fsp3) is 0.222. The molecule has 0 radical (unpaired) electrons. The molecule has 0 spiro atoms. The Morgan fingerprint density at radius 1 is 1.53 bits per heavy atom. The zero-order chi connectivity index (χ0) is 12.8.